The lowest BCUT2D eigenvalue weighted by molar-refractivity contribution is 0.101. The van der Waals surface area contributed by atoms with Crippen LogP contribution in [0.3, 0.4) is 0 Å². The zero-order valence-corrected chi connectivity index (χ0v) is 15.7. The zero-order chi connectivity index (χ0) is 20.4. The number of carbonyl (C=O) groups excluding carboxylic acids is 1. The first kappa shape index (κ1) is 18.8. The van der Waals surface area contributed by atoms with Crippen LogP contribution in [0.5, 0.6) is 0 Å². The van der Waals surface area contributed by atoms with E-state index in [0.717, 1.165) is 0 Å². The third-order valence-electron chi connectivity index (χ3n) is 4.27. The molecule has 1 heterocycles. The van der Waals surface area contributed by atoms with Gasteiger partial charge in [-0.15, -0.1) is 0 Å². The Kier molecular flexibility index (Phi) is 5.10. The van der Waals surface area contributed by atoms with Crippen LogP contribution in [-0.2, 0) is 0 Å². The maximum Gasteiger partial charge on any atom is 0.274 e. The Morgan fingerprint density at radius 3 is 2.34 bits per heavy atom. The summed E-state index contributed by atoms with van der Waals surface area (Å²) in [6.07, 6.45) is 0. The minimum atomic E-state index is -0.592. The molecule has 0 saturated carbocycles. The predicted molar refractivity (Wildman–Crippen MR) is 108 cm³/mol. The van der Waals surface area contributed by atoms with Crippen LogP contribution in [0.2, 0.25) is 5.02 Å². The third-order valence-corrected chi connectivity index (χ3v) is 4.50. The van der Waals surface area contributed by atoms with Crippen molar-refractivity contribution in [2.24, 2.45) is 0 Å². The summed E-state index contributed by atoms with van der Waals surface area (Å²) >= 11 is 6.07. The number of nitrogens with zero attached hydrogens (tertiary/aromatic N) is 2. The van der Waals surface area contributed by atoms with Gasteiger partial charge in [0.05, 0.1) is 17.1 Å². The Morgan fingerprint density at radius 1 is 0.897 bits per heavy atom. The normalized spacial score (nSPS) is 10.7. The SMILES string of the molecule is O=C(Nc1ccccc1F)c1cc(-c2ccccc2F)nn1-c1cccc(Cl)c1. The lowest BCUT2D eigenvalue weighted by Gasteiger charge is -2.09. The standard InChI is InChI=1S/C22H14ClF2N3O/c23-14-6-5-7-15(12-14)28-21(22(29)26-19-11-4-3-10-18(19)25)13-20(27-28)16-8-1-2-9-17(16)24/h1-13H,(H,26,29). The molecule has 0 aliphatic rings. The Balaban J connectivity index is 1.82. The fraction of sp³-hybridized carbons (Fsp3) is 0. The average Bonchev–Trinajstić information content (AvgIpc) is 3.15. The molecule has 144 valence electrons. The molecule has 1 N–H and O–H groups in total. The van der Waals surface area contributed by atoms with E-state index in [4.69, 9.17) is 11.6 Å². The molecule has 7 heteroatoms. The minimum Gasteiger partial charge on any atom is -0.318 e. The van der Waals surface area contributed by atoms with Crippen molar-refractivity contribution >= 4 is 23.2 Å². The Hall–Kier alpha value is -3.51. The molecule has 4 nitrogen and oxygen atoms in total. The van der Waals surface area contributed by atoms with E-state index in [0.29, 0.717) is 10.7 Å². The van der Waals surface area contributed by atoms with Crippen molar-refractivity contribution < 1.29 is 13.6 Å². The molecule has 0 fully saturated rings. The molecular formula is C22H14ClF2N3O. The van der Waals surface area contributed by atoms with Crippen molar-refractivity contribution in [3.05, 3.63) is 101 Å². The molecule has 4 aromatic rings. The summed E-state index contributed by atoms with van der Waals surface area (Å²) in [5, 5.41) is 7.38. The van der Waals surface area contributed by atoms with E-state index >= 15 is 0 Å². The second-order valence-electron chi connectivity index (χ2n) is 6.22. The second kappa shape index (κ2) is 7.85. The molecule has 0 saturated heterocycles. The molecule has 1 aromatic heterocycles. The first-order chi connectivity index (χ1) is 14.0. The summed E-state index contributed by atoms with van der Waals surface area (Å²) in [5.41, 5.74) is 1.16. The summed E-state index contributed by atoms with van der Waals surface area (Å²) in [6.45, 7) is 0. The topological polar surface area (TPSA) is 46.9 Å². The van der Waals surface area contributed by atoms with E-state index in [-0.39, 0.29) is 22.6 Å². The molecule has 0 atom stereocenters. The molecule has 0 aliphatic carbocycles. The molecule has 29 heavy (non-hydrogen) atoms. The number of amides is 1. The van der Waals surface area contributed by atoms with Crippen molar-refractivity contribution in [2.45, 2.75) is 0 Å². The van der Waals surface area contributed by atoms with Crippen LogP contribution in [0.25, 0.3) is 16.9 Å². The number of carbonyl (C=O) groups is 1. The summed E-state index contributed by atoms with van der Waals surface area (Å²) in [6, 6.07) is 20.1. The van der Waals surface area contributed by atoms with Gasteiger partial charge in [-0.25, -0.2) is 13.5 Å². The van der Waals surface area contributed by atoms with E-state index in [9.17, 15) is 13.6 Å². The summed E-state index contributed by atoms with van der Waals surface area (Å²) < 4.78 is 29.6. The van der Waals surface area contributed by atoms with Crippen molar-refractivity contribution in [1.82, 2.24) is 9.78 Å². The molecule has 0 spiro atoms. The van der Waals surface area contributed by atoms with Gasteiger partial charge in [-0.1, -0.05) is 41.9 Å². The van der Waals surface area contributed by atoms with Gasteiger partial charge in [0.2, 0.25) is 0 Å². The molecule has 0 bridgehead atoms. The van der Waals surface area contributed by atoms with E-state index < -0.39 is 17.5 Å². The minimum absolute atomic E-state index is 0.0313. The van der Waals surface area contributed by atoms with Gasteiger partial charge >= 0.3 is 0 Å². The number of para-hydroxylation sites is 1. The Bertz CT molecular complexity index is 1210. The monoisotopic (exact) mass is 409 g/mol. The average molecular weight is 410 g/mol. The highest BCUT2D eigenvalue weighted by atomic mass is 35.5. The number of anilines is 1. The van der Waals surface area contributed by atoms with Gasteiger partial charge in [-0.2, -0.15) is 5.10 Å². The molecule has 0 aliphatic heterocycles. The van der Waals surface area contributed by atoms with Gasteiger partial charge in [0.1, 0.15) is 17.3 Å². The number of halogens is 3. The fourth-order valence-electron chi connectivity index (χ4n) is 2.90. The highest BCUT2D eigenvalue weighted by Gasteiger charge is 2.20. The lowest BCUT2D eigenvalue weighted by Crippen LogP contribution is -2.17. The number of hydrogen-bond acceptors (Lipinski definition) is 2. The maximum absolute atomic E-state index is 14.3. The molecule has 0 radical (unpaired) electrons. The van der Waals surface area contributed by atoms with Crippen molar-refractivity contribution in [2.75, 3.05) is 5.32 Å². The summed E-state index contributed by atoms with van der Waals surface area (Å²) in [4.78, 5) is 12.9. The van der Waals surface area contributed by atoms with E-state index in [2.05, 4.69) is 10.4 Å². The number of hydrogen-bond donors (Lipinski definition) is 1. The van der Waals surface area contributed by atoms with Gasteiger partial charge in [0.15, 0.2) is 0 Å². The van der Waals surface area contributed by atoms with Crippen LogP contribution in [0, 0.1) is 11.6 Å². The Morgan fingerprint density at radius 2 is 1.62 bits per heavy atom. The van der Waals surface area contributed by atoms with Gasteiger partial charge in [-0.3, -0.25) is 4.79 Å². The lowest BCUT2D eigenvalue weighted by atomic mass is 10.1. The van der Waals surface area contributed by atoms with Crippen LogP contribution >= 0.6 is 11.6 Å². The van der Waals surface area contributed by atoms with Crippen LogP contribution < -0.4 is 5.32 Å². The highest BCUT2D eigenvalue weighted by molar-refractivity contribution is 6.30. The molecule has 0 unspecified atom stereocenters. The largest absolute Gasteiger partial charge is 0.318 e. The quantitative estimate of drug-likeness (QED) is 0.468. The first-order valence-electron chi connectivity index (χ1n) is 8.70. The van der Waals surface area contributed by atoms with Gasteiger partial charge in [-0.05, 0) is 48.5 Å². The molecular weight excluding hydrogens is 396 g/mol. The van der Waals surface area contributed by atoms with E-state index in [1.165, 1.54) is 35.0 Å². The van der Waals surface area contributed by atoms with Gasteiger partial charge in [0.25, 0.3) is 5.91 Å². The first-order valence-corrected chi connectivity index (χ1v) is 9.07. The number of aromatic nitrogens is 2. The molecule has 4 rings (SSSR count). The van der Waals surface area contributed by atoms with Crippen molar-refractivity contribution in [3.63, 3.8) is 0 Å². The van der Waals surface area contributed by atoms with Gasteiger partial charge < -0.3 is 5.32 Å². The van der Waals surface area contributed by atoms with Crippen LogP contribution in [0.15, 0.2) is 78.9 Å². The summed E-state index contributed by atoms with van der Waals surface area (Å²) in [7, 11) is 0. The van der Waals surface area contributed by atoms with E-state index in [1.807, 2.05) is 0 Å². The highest BCUT2D eigenvalue weighted by Crippen LogP contribution is 2.26. The number of nitrogens with one attached hydrogen (secondary N) is 1. The number of rotatable bonds is 4. The van der Waals surface area contributed by atoms with Crippen LogP contribution in [0.1, 0.15) is 10.5 Å². The fourth-order valence-corrected chi connectivity index (χ4v) is 3.08. The molecule has 3 aromatic carbocycles. The zero-order valence-electron chi connectivity index (χ0n) is 14.9. The smallest absolute Gasteiger partial charge is 0.274 e. The van der Waals surface area contributed by atoms with Crippen LogP contribution in [0.4, 0.5) is 14.5 Å². The summed E-state index contributed by atoms with van der Waals surface area (Å²) in [5.74, 6) is -1.63. The third kappa shape index (κ3) is 3.88. The van der Waals surface area contributed by atoms with Crippen molar-refractivity contribution in [1.29, 1.82) is 0 Å². The molecule has 1 amide bonds. The van der Waals surface area contributed by atoms with Crippen LogP contribution in [-0.4, -0.2) is 15.7 Å². The van der Waals surface area contributed by atoms with E-state index in [1.54, 1.807) is 48.5 Å². The number of benzene rings is 3. The predicted octanol–water partition coefficient (Wildman–Crippen LogP) is 5.72. The van der Waals surface area contributed by atoms with Crippen molar-refractivity contribution in [3.8, 4) is 16.9 Å². The maximum atomic E-state index is 14.3. The second-order valence-corrected chi connectivity index (χ2v) is 6.66. The Labute approximate surface area is 170 Å². The van der Waals surface area contributed by atoms with Gasteiger partial charge in [0, 0.05) is 10.6 Å².